The molecular formula is C25H25ClN2O2. The smallest absolute Gasteiger partial charge is 0.340 e. The summed E-state index contributed by atoms with van der Waals surface area (Å²) in [7, 11) is 1.40. The van der Waals surface area contributed by atoms with Gasteiger partial charge >= 0.3 is 5.97 Å². The average Bonchev–Trinajstić information content (AvgIpc) is 3.04. The van der Waals surface area contributed by atoms with E-state index in [2.05, 4.69) is 27.8 Å². The van der Waals surface area contributed by atoms with E-state index in [4.69, 9.17) is 16.3 Å². The second-order valence-corrected chi connectivity index (χ2v) is 8.22. The van der Waals surface area contributed by atoms with E-state index in [1.807, 2.05) is 24.3 Å². The molecule has 2 aliphatic heterocycles. The molecule has 154 valence electrons. The Hall–Kier alpha value is -2.61. The number of pyridine rings is 1. The van der Waals surface area contributed by atoms with Crippen molar-refractivity contribution < 1.29 is 9.53 Å². The Morgan fingerprint density at radius 3 is 2.97 bits per heavy atom. The van der Waals surface area contributed by atoms with Crippen molar-refractivity contribution in [2.45, 2.75) is 44.2 Å². The number of esters is 1. The van der Waals surface area contributed by atoms with E-state index in [1.54, 1.807) is 18.3 Å². The molecule has 4 nitrogen and oxygen atoms in total. The Morgan fingerprint density at radius 2 is 2.13 bits per heavy atom. The molecule has 2 atom stereocenters. The van der Waals surface area contributed by atoms with Crippen LogP contribution in [-0.2, 0) is 4.74 Å². The lowest BCUT2D eigenvalue weighted by molar-refractivity contribution is 0.0600. The minimum Gasteiger partial charge on any atom is -0.465 e. The number of fused-ring (bicyclic) bond motifs is 1. The van der Waals surface area contributed by atoms with Gasteiger partial charge in [-0.25, -0.2) is 4.79 Å². The van der Waals surface area contributed by atoms with Crippen molar-refractivity contribution >= 4 is 23.6 Å². The number of methoxy groups -OCH3 is 1. The normalized spacial score (nSPS) is 22.7. The zero-order valence-corrected chi connectivity index (χ0v) is 17.9. The highest BCUT2D eigenvalue weighted by Gasteiger charge is 2.33. The van der Waals surface area contributed by atoms with E-state index in [-0.39, 0.29) is 12.0 Å². The second kappa shape index (κ2) is 9.47. The topological polar surface area (TPSA) is 42.4 Å². The highest BCUT2D eigenvalue weighted by Crippen LogP contribution is 2.33. The Labute approximate surface area is 182 Å². The van der Waals surface area contributed by atoms with Crippen LogP contribution in [-0.4, -0.2) is 41.6 Å². The van der Waals surface area contributed by atoms with Gasteiger partial charge in [0.05, 0.1) is 24.4 Å². The van der Waals surface area contributed by atoms with E-state index >= 15 is 0 Å². The van der Waals surface area contributed by atoms with Gasteiger partial charge in [-0.1, -0.05) is 35.1 Å². The molecule has 0 amide bonds. The van der Waals surface area contributed by atoms with Gasteiger partial charge in [-0.3, -0.25) is 9.88 Å². The fourth-order valence-corrected chi connectivity index (χ4v) is 4.57. The van der Waals surface area contributed by atoms with Gasteiger partial charge in [0.1, 0.15) is 0 Å². The molecule has 0 bridgehead atoms. The summed E-state index contributed by atoms with van der Waals surface area (Å²) in [4.78, 5) is 19.0. The summed E-state index contributed by atoms with van der Waals surface area (Å²) in [6, 6.07) is 12.1. The highest BCUT2D eigenvalue weighted by molar-refractivity contribution is 6.30. The Balaban J connectivity index is 1.48. The van der Waals surface area contributed by atoms with Crippen molar-refractivity contribution in [3.05, 3.63) is 70.0 Å². The maximum Gasteiger partial charge on any atom is 0.340 e. The lowest BCUT2D eigenvalue weighted by atomic mass is 10.0. The van der Waals surface area contributed by atoms with E-state index in [0.717, 1.165) is 42.8 Å². The Morgan fingerprint density at radius 1 is 1.23 bits per heavy atom. The lowest BCUT2D eigenvalue weighted by Gasteiger charge is -2.24. The van der Waals surface area contributed by atoms with E-state index in [0.29, 0.717) is 17.3 Å². The minimum absolute atomic E-state index is 0.286. The number of carbonyl (C=O) groups is 1. The van der Waals surface area contributed by atoms with Gasteiger partial charge in [-0.15, -0.1) is 0 Å². The second-order valence-electron chi connectivity index (χ2n) is 7.78. The Bertz CT molecular complexity index is 1020. The molecule has 2 fully saturated rings. The number of halogens is 1. The first-order valence-electron chi connectivity index (χ1n) is 10.4. The predicted molar refractivity (Wildman–Crippen MR) is 119 cm³/mol. The number of carbonyl (C=O) groups excluding carboxylic acids is 1. The number of hydrogen-bond donors (Lipinski definition) is 0. The summed E-state index contributed by atoms with van der Waals surface area (Å²) in [5, 5.41) is 0.719. The summed E-state index contributed by atoms with van der Waals surface area (Å²) >= 11 is 6.08. The van der Waals surface area contributed by atoms with Crippen LogP contribution in [0.2, 0.25) is 5.02 Å². The van der Waals surface area contributed by atoms with Crippen molar-refractivity contribution in [2.24, 2.45) is 0 Å². The van der Waals surface area contributed by atoms with E-state index in [9.17, 15) is 4.79 Å². The SMILES string of the molecule is COC(=O)c1cccnc1C=C1CC[C@@H]2CC[C@H](C#Cc3cccc(Cl)c3)N2CC1. The fourth-order valence-electron chi connectivity index (χ4n) is 4.38. The van der Waals surface area contributed by atoms with E-state index in [1.165, 1.54) is 19.1 Å². The van der Waals surface area contributed by atoms with Crippen LogP contribution in [0, 0.1) is 11.8 Å². The maximum atomic E-state index is 12.0. The molecule has 3 heterocycles. The first-order chi connectivity index (χ1) is 14.6. The molecular weight excluding hydrogens is 396 g/mol. The minimum atomic E-state index is -0.347. The van der Waals surface area contributed by atoms with Gasteiger partial charge in [0.2, 0.25) is 0 Å². The van der Waals surface area contributed by atoms with Crippen molar-refractivity contribution in [2.75, 3.05) is 13.7 Å². The quantitative estimate of drug-likeness (QED) is 0.508. The van der Waals surface area contributed by atoms with Gasteiger partial charge in [0.25, 0.3) is 0 Å². The first kappa shape index (κ1) is 20.7. The highest BCUT2D eigenvalue weighted by atomic mass is 35.5. The summed E-state index contributed by atoms with van der Waals surface area (Å²) in [6.45, 7) is 0.978. The lowest BCUT2D eigenvalue weighted by Crippen LogP contribution is -2.34. The van der Waals surface area contributed by atoms with Gasteiger partial charge in [-0.05, 0) is 68.5 Å². The molecule has 0 unspecified atom stereocenters. The molecule has 2 aromatic rings. The summed E-state index contributed by atoms with van der Waals surface area (Å²) in [6.07, 6.45) is 9.18. The monoisotopic (exact) mass is 420 g/mol. The van der Waals surface area contributed by atoms with Crippen molar-refractivity contribution in [1.82, 2.24) is 9.88 Å². The van der Waals surface area contributed by atoms with Crippen LogP contribution in [0.5, 0.6) is 0 Å². The molecule has 0 radical (unpaired) electrons. The summed E-state index contributed by atoms with van der Waals surface area (Å²) in [5.41, 5.74) is 3.50. The van der Waals surface area contributed by atoms with Gasteiger partial charge < -0.3 is 4.74 Å². The number of hydrogen-bond acceptors (Lipinski definition) is 4. The molecule has 0 spiro atoms. The van der Waals surface area contributed by atoms with Crippen molar-refractivity contribution in [3.63, 3.8) is 0 Å². The van der Waals surface area contributed by atoms with E-state index < -0.39 is 0 Å². The molecule has 5 heteroatoms. The number of rotatable bonds is 2. The predicted octanol–water partition coefficient (Wildman–Crippen LogP) is 4.97. The summed E-state index contributed by atoms with van der Waals surface area (Å²) < 4.78 is 4.90. The standard InChI is InChI=1S/C25H25ClN2O2/c1-30-25(29)23-6-3-14-27-24(23)17-19-8-10-22-12-11-21(28(22)15-13-19)9-7-18-4-2-5-20(26)16-18/h2-6,14,16-17,21-22H,8,10-13,15H2,1H3/t21-,22+/m0/s1. The van der Waals surface area contributed by atoms with Gasteiger partial charge in [-0.2, -0.15) is 0 Å². The van der Waals surface area contributed by atoms with Crippen LogP contribution < -0.4 is 0 Å². The maximum absolute atomic E-state index is 12.0. The number of benzene rings is 1. The van der Waals surface area contributed by atoms with Crippen LogP contribution in [0.4, 0.5) is 0 Å². The van der Waals surface area contributed by atoms with Gasteiger partial charge in [0.15, 0.2) is 0 Å². The molecule has 2 saturated heterocycles. The molecule has 0 saturated carbocycles. The molecule has 1 aromatic carbocycles. The molecule has 30 heavy (non-hydrogen) atoms. The van der Waals surface area contributed by atoms with Gasteiger partial charge in [0, 0.05) is 29.4 Å². The zero-order chi connectivity index (χ0) is 20.9. The number of nitrogens with zero attached hydrogens (tertiary/aromatic N) is 2. The third-order valence-electron chi connectivity index (χ3n) is 5.92. The van der Waals surface area contributed by atoms with Crippen LogP contribution in [0.25, 0.3) is 6.08 Å². The fraction of sp³-hybridized carbons (Fsp3) is 0.360. The summed E-state index contributed by atoms with van der Waals surface area (Å²) in [5.74, 6) is 6.43. The third kappa shape index (κ3) is 4.75. The average molecular weight is 421 g/mol. The van der Waals surface area contributed by atoms with Crippen LogP contribution in [0.1, 0.15) is 53.7 Å². The molecule has 2 aliphatic rings. The van der Waals surface area contributed by atoms with Crippen molar-refractivity contribution in [3.8, 4) is 11.8 Å². The first-order valence-corrected chi connectivity index (χ1v) is 10.8. The Kier molecular flexibility index (Phi) is 6.52. The van der Waals surface area contributed by atoms with Crippen LogP contribution in [0.3, 0.4) is 0 Å². The number of aromatic nitrogens is 1. The molecule has 0 N–H and O–H groups in total. The molecule has 4 rings (SSSR count). The molecule has 1 aromatic heterocycles. The number of ether oxygens (including phenoxy) is 1. The molecule has 0 aliphatic carbocycles. The largest absolute Gasteiger partial charge is 0.465 e. The van der Waals surface area contributed by atoms with Crippen LogP contribution in [0.15, 0.2) is 48.2 Å². The van der Waals surface area contributed by atoms with Crippen molar-refractivity contribution in [1.29, 1.82) is 0 Å². The van der Waals surface area contributed by atoms with Crippen LogP contribution >= 0.6 is 11.6 Å². The zero-order valence-electron chi connectivity index (χ0n) is 17.1. The third-order valence-corrected chi connectivity index (χ3v) is 6.16.